The van der Waals surface area contributed by atoms with Crippen LogP contribution in [0.4, 0.5) is 0 Å². The van der Waals surface area contributed by atoms with Crippen LogP contribution in [-0.2, 0) is 4.74 Å². The van der Waals surface area contributed by atoms with Crippen molar-refractivity contribution < 1.29 is 9.84 Å². The van der Waals surface area contributed by atoms with Crippen molar-refractivity contribution in [2.45, 2.75) is 12.5 Å². The molecule has 0 saturated heterocycles. The van der Waals surface area contributed by atoms with Crippen molar-refractivity contribution >= 4 is 0 Å². The summed E-state index contributed by atoms with van der Waals surface area (Å²) < 4.78 is 5.02. The van der Waals surface area contributed by atoms with Crippen molar-refractivity contribution in [2.75, 3.05) is 6.61 Å². The van der Waals surface area contributed by atoms with E-state index < -0.39 is 0 Å². The first-order valence-corrected chi connectivity index (χ1v) is 3.06. The Morgan fingerprint density at radius 3 is 3.22 bits per heavy atom. The Balaban J connectivity index is 2.31. The van der Waals surface area contributed by atoms with E-state index in [2.05, 4.69) is 0 Å². The highest BCUT2D eigenvalue weighted by Crippen LogP contribution is 2.29. The van der Waals surface area contributed by atoms with E-state index in [9.17, 15) is 0 Å². The van der Waals surface area contributed by atoms with Gasteiger partial charge in [-0.3, -0.25) is 0 Å². The number of rotatable bonds is 0. The van der Waals surface area contributed by atoms with Crippen LogP contribution in [0.2, 0.25) is 0 Å². The lowest BCUT2D eigenvalue weighted by atomic mass is 10.2. The second-order valence-electron chi connectivity index (χ2n) is 2.42. The molecule has 0 bridgehead atoms. The van der Waals surface area contributed by atoms with Crippen molar-refractivity contribution in [3.05, 3.63) is 23.5 Å². The normalized spacial score (nSPS) is 31.0. The van der Waals surface area contributed by atoms with E-state index in [4.69, 9.17) is 9.84 Å². The third kappa shape index (κ3) is 0.669. The molecule has 1 aliphatic heterocycles. The van der Waals surface area contributed by atoms with Crippen molar-refractivity contribution in [1.82, 2.24) is 0 Å². The van der Waals surface area contributed by atoms with Crippen LogP contribution >= 0.6 is 0 Å². The van der Waals surface area contributed by atoms with Gasteiger partial charge in [0, 0.05) is 6.42 Å². The lowest BCUT2D eigenvalue weighted by molar-refractivity contribution is 0.226. The predicted octanol–water partition coefficient (Wildman–Crippen LogP) is 0.591. The average molecular weight is 124 g/mol. The lowest BCUT2D eigenvalue weighted by Crippen LogP contribution is -1.95. The van der Waals surface area contributed by atoms with Crippen LogP contribution in [0.1, 0.15) is 6.42 Å². The van der Waals surface area contributed by atoms with Gasteiger partial charge in [-0.15, -0.1) is 0 Å². The van der Waals surface area contributed by atoms with Gasteiger partial charge < -0.3 is 9.84 Å². The molecule has 0 aromatic carbocycles. The topological polar surface area (TPSA) is 29.5 Å². The molecular formula is C7H8O2. The predicted molar refractivity (Wildman–Crippen MR) is 32.7 cm³/mol. The highest BCUT2D eigenvalue weighted by Gasteiger charge is 2.22. The van der Waals surface area contributed by atoms with Crippen molar-refractivity contribution in [3.63, 3.8) is 0 Å². The fraction of sp³-hybridized carbons (Fsp3) is 0.429. The summed E-state index contributed by atoms with van der Waals surface area (Å²) in [6.07, 6.45) is 4.09. The molecular weight excluding hydrogens is 116 g/mol. The molecule has 0 aromatic rings. The number of aliphatic hydroxyl groups excluding tert-OH is 1. The van der Waals surface area contributed by atoms with Gasteiger partial charge in [0.25, 0.3) is 0 Å². The van der Waals surface area contributed by atoms with E-state index in [1.54, 1.807) is 6.26 Å². The molecule has 0 radical (unpaired) electrons. The number of aliphatic hydroxyl groups is 1. The molecule has 1 N–H and O–H groups in total. The van der Waals surface area contributed by atoms with Gasteiger partial charge in [-0.2, -0.15) is 0 Å². The molecule has 9 heavy (non-hydrogen) atoms. The van der Waals surface area contributed by atoms with Crippen LogP contribution in [0.5, 0.6) is 0 Å². The Bertz CT molecular complexity index is 191. The van der Waals surface area contributed by atoms with Crippen LogP contribution in [0, 0.1) is 0 Å². The highest BCUT2D eigenvalue weighted by atomic mass is 16.5. The molecule has 0 aromatic heterocycles. The summed E-state index contributed by atoms with van der Waals surface area (Å²) in [6.45, 7) is 0.659. The maximum Gasteiger partial charge on any atom is 0.113 e. The summed E-state index contributed by atoms with van der Waals surface area (Å²) in [5.41, 5.74) is 2.34. The average Bonchev–Trinajstić information content (AvgIpc) is 2.22. The number of ether oxygens (including phenoxy) is 1. The standard InChI is InChI=1S/C7H8O2/c8-7-1-5-3-9-4-6(5)2-7/h1,4,7-8H,2-3H2. The zero-order valence-corrected chi connectivity index (χ0v) is 5.00. The molecule has 2 aliphatic rings. The smallest absolute Gasteiger partial charge is 0.113 e. The van der Waals surface area contributed by atoms with Crippen LogP contribution in [0.3, 0.4) is 0 Å². The first-order valence-electron chi connectivity index (χ1n) is 3.06. The van der Waals surface area contributed by atoms with E-state index in [1.165, 1.54) is 11.1 Å². The van der Waals surface area contributed by atoms with Gasteiger partial charge in [-0.05, 0) is 17.2 Å². The number of hydrogen-bond acceptors (Lipinski definition) is 2. The van der Waals surface area contributed by atoms with Crippen molar-refractivity contribution in [2.24, 2.45) is 0 Å². The molecule has 0 amide bonds. The van der Waals surface area contributed by atoms with Crippen LogP contribution in [0.25, 0.3) is 0 Å². The zero-order valence-electron chi connectivity index (χ0n) is 5.00. The van der Waals surface area contributed by atoms with E-state index in [0.29, 0.717) is 6.61 Å². The van der Waals surface area contributed by atoms with E-state index in [-0.39, 0.29) is 6.10 Å². The first-order chi connectivity index (χ1) is 4.36. The Kier molecular flexibility index (Phi) is 0.904. The maximum absolute atomic E-state index is 9.06. The molecule has 1 unspecified atom stereocenters. The van der Waals surface area contributed by atoms with Crippen molar-refractivity contribution in [1.29, 1.82) is 0 Å². The second kappa shape index (κ2) is 1.61. The second-order valence-corrected chi connectivity index (χ2v) is 2.42. The third-order valence-corrected chi connectivity index (χ3v) is 1.70. The summed E-state index contributed by atoms with van der Waals surface area (Å²) in [5, 5.41) is 9.06. The molecule has 48 valence electrons. The van der Waals surface area contributed by atoms with Gasteiger partial charge in [0.2, 0.25) is 0 Å². The third-order valence-electron chi connectivity index (χ3n) is 1.70. The zero-order chi connectivity index (χ0) is 6.27. The number of hydrogen-bond donors (Lipinski definition) is 1. The minimum Gasteiger partial charge on any atom is -0.496 e. The quantitative estimate of drug-likeness (QED) is 0.512. The summed E-state index contributed by atoms with van der Waals surface area (Å²) in [4.78, 5) is 0. The van der Waals surface area contributed by atoms with Gasteiger partial charge in [0.15, 0.2) is 0 Å². The molecule has 0 spiro atoms. The summed E-state index contributed by atoms with van der Waals surface area (Å²) in [6, 6.07) is 0. The van der Waals surface area contributed by atoms with Gasteiger partial charge in [-0.25, -0.2) is 0 Å². The Labute approximate surface area is 53.4 Å². The van der Waals surface area contributed by atoms with Gasteiger partial charge in [-0.1, -0.05) is 0 Å². The Morgan fingerprint density at radius 2 is 2.44 bits per heavy atom. The fourth-order valence-corrected chi connectivity index (χ4v) is 1.25. The molecule has 1 heterocycles. The molecule has 1 atom stereocenters. The number of fused-ring (bicyclic) bond motifs is 1. The Hall–Kier alpha value is -0.760. The van der Waals surface area contributed by atoms with Crippen LogP contribution in [0.15, 0.2) is 23.5 Å². The monoisotopic (exact) mass is 124 g/mol. The molecule has 0 saturated carbocycles. The molecule has 0 fully saturated rings. The van der Waals surface area contributed by atoms with E-state index >= 15 is 0 Å². The minimum absolute atomic E-state index is 0.254. The summed E-state index contributed by atoms with van der Waals surface area (Å²) in [7, 11) is 0. The molecule has 1 aliphatic carbocycles. The van der Waals surface area contributed by atoms with Gasteiger partial charge in [0.1, 0.15) is 6.61 Å². The van der Waals surface area contributed by atoms with Crippen LogP contribution in [-0.4, -0.2) is 17.8 Å². The largest absolute Gasteiger partial charge is 0.496 e. The molecule has 2 heteroatoms. The highest BCUT2D eigenvalue weighted by molar-refractivity contribution is 5.40. The summed E-state index contributed by atoms with van der Waals surface area (Å²) >= 11 is 0. The summed E-state index contributed by atoms with van der Waals surface area (Å²) in [5.74, 6) is 0. The molecule has 2 rings (SSSR count). The SMILES string of the molecule is OC1C=C2COC=C2C1. The van der Waals surface area contributed by atoms with Gasteiger partial charge in [0.05, 0.1) is 12.4 Å². The molecule has 2 nitrogen and oxygen atoms in total. The lowest BCUT2D eigenvalue weighted by Gasteiger charge is -1.93. The van der Waals surface area contributed by atoms with Gasteiger partial charge >= 0.3 is 0 Å². The minimum atomic E-state index is -0.254. The van der Waals surface area contributed by atoms with Crippen LogP contribution < -0.4 is 0 Å². The maximum atomic E-state index is 9.06. The Morgan fingerprint density at radius 1 is 1.56 bits per heavy atom. The first kappa shape index (κ1) is 5.06. The van der Waals surface area contributed by atoms with Crippen molar-refractivity contribution in [3.8, 4) is 0 Å². The van der Waals surface area contributed by atoms with E-state index in [0.717, 1.165) is 6.42 Å². The fourth-order valence-electron chi connectivity index (χ4n) is 1.25. The van der Waals surface area contributed by atoms with E-state index in [1.807, 2.05) is 6.08 Å².